The predicted octanol–water partition coefficient (Wildman–Crippen LogP) is 2.87. The van der Waals surface area contributed by atoms with Crippen LogP contribution in [0.5, 0.6) is 5.88 Å². The van der Waals surface area contributed by atoms with Crippen molar-refractivity contribution in [1.82, 2.24) is 20.6 Å². The SMILES string of the molecule is CCNC(=NCc1cccnc1OC)NCCc1c[nH]c2ccccc12. The number of aromatic nitrogens is 2. The van der Waals surface area contributed by atoms with Crippen molar-refractivity contribution in [2.45, 2.75) is 19.9 Å². The van der Waals surface area contributed by atoms with Gasteiger partial charge < -0.3 is 20.4 Å². The number of guanidine groups is 1. The summed E-state index contributed by atoms with van der Waals surface area (Å²) in [6.07, 6.45) is 4.72. The topological polar surface area (TPSA) is 74.3 Å². The zero-order chi connectivity index (χ0) is 18.2. The van der Waals surface area contributed by atoms with Gasteiger partial charge in [-0.05, 0) is 31.0 Å². The number of H-pyrrole nitrogens is 1. The average Bonchev–Trinajstić information content (AvgIpc) is 3.09. The molecule has 26 heavy (non-hydrogen) atoms. The first-order chi connectivity index (χ1) is 12.8. The quantitative estimate of drug-likeness (QED) is 0.452. The highest BCUT2D eigenvalue weighted by atomic mass is 16.5. The number of benzene rings is 1. The van der Waals surface area contributed by atoms with Gasteiger partial charge in [-0.3, -0.25) is 0 Å². The van der Waals surface area contributed by atoms with Crippen LogP contribution in [0, 0.1) is 0 Å². The third-order valence-electron chi connectivity index (χ3n) is 4.16. The van der Waals surface area contributed by atoms with Crippen molar-refractivity contribution in [1.29, 1.82) is 0 Å². The number of nitrogens with zero attached hydrogens (tertiary/aromatic N) is 2. The molecule has 3 N–H and O–H groups in total. The number of hydrogen-bond acceptors (Lipinski definition) is 3. The van der Waals surface area contributed by atoms with Crippen molar-refractivity contribution < 1.29 is 4.74 Å². The number of para-hydroxylation sites is 1. The Morgan fingerprint density at radius 2 is 2.04 bits per heavy atom. The van der Waals surface area contributed by atoms with E-state index in [0.29, 0.717) is 12.4 Å². The molecule has 2 aromatic heterocycles. The molecule has 0 atom stereocenters. The summed E-state index contributed by atoms with van der Waals surface area (Å²) in [5.41, 5.74) is 3.44. The number of aromatic amines is 1. The molecule has 0 aliphatic carbocycles. The van der Waals surface area contributed by atoms with E-state index in [-0.39, 0.29) is 0 Å². The van der Waals surface area contributed by atoms with E-state index in [9.17, 15) is 0 Å². The molecule has 6 heteroatoms. The lowest BCUT2D eigenvalue weighted by Crippen LogP contribution is -2.38. The molecule has 0 radical (unpaired) electrons. The number of ether oxygens (including phenoxy) is 1. The average molecular weight is 351 g/mol. The minimum Gasteiger partial charge on any atom is -0.481 e. The van der Waals surface area contributed by atoms with Gasteiger partial charge >= 0.3 is 0 Å². The van der Waals surface area contributed by atoms with E-state index < -0.39 is 0 Å². The summed E-state index contributed by atoms with van der Waals surface area (Å²) < 4.78 is 5.28. The predicted molar refractivity (Wildman–Crippen MR) is 106 cm³/mol. The largest absolute Gasteiger partial charge is 0.481 e. The maximum Gasteiger partial charge on any atom is 0.218 e. The summed E-state index contributed by atoms with van der Waals surface area (Å²) in [6.45, 7) is 4.18. The summed E-state index contributed by atoms with van der Waals surface area (Å²) in [5, 5.41) is 7.95. The molecule has 0 bridgehead atoms. The normalized spacial score (nSPS) is 11.5. The zero-order valence-corrected chi connectivity index (χ0v) is 15.2. The lowest BCUT2D eigenvalue weighted by molar-refractivity contribution is 0.392. The third-order valence-corrected chi connectivity index (χ3v) is 4.16. The summed E-state index contributed by atoms with van der Waals surface area (Å²) in [4.78, 5) is 12.2. The Morgan fingerprint density at radius 1 is 1.15 bits per heavy atom. The number of nitrogens with one attached hydrogen (secondary N) is 3. The molecule has 0 spiro atoms. The number of rotatable bonds is 7. The van der Waals surface area contributed by atoms with Gasteiger partial charge in [0, 0.05) is 41.9 Å². The Kier molecular flexibility index (Phi) is 6.09. The first-order valence-electron chi connectivity index (χ1n) is 8.87. The second-order valence-corrected chi connectivity index (χ2v) is 5.90. The molecule has 136 valence electrons. The summed E-state index contributed by atoms with van der Waals surface area (Å²) >= 11 is 0. The molecule has 1 aromatic carbocycles. The molecule has 0 fully saturated rings. The van der Waals surface area contributed by atoms with E-state index in [1.807, 2.05) is 18.2 Å². The number of pyridine rings is 1. The maximum atomic E-state index is 5.28. The first-order valence-corrected chi connectivity index (χ1v) is 8.87. The first kappa shape index (κ1) is 17.8. The molecule has 6 nitrogen and oxygen atoms in total. The number of hydrogen-bond donors (Lipinski definition) is 3. The van der Waals surface area contributed by atoms with E-state index in [1.54, 1.807) is 13.3 Å². The molecule has 0 amide bonds. The fourth-order valence-corrected chi connectivity index (χ4v) is 2.89. The van der Waals surface area contributed by atoms with Gasteiger partial charge in [0.25, 0.3) is 0 Å². The Balaban J connectivity index is 1.61. The van der Waals surface area contributed by atoms with Crippen LogP contribution in [0.1, 0.15) is 18.1 Å². The lowest BCUT2D eigenvalue weighted by atomic mass is 10.1. The van der Waals surface area contributed by atoms with E-state index in [1.165, 1.54) is 16.5 Å². The van der Waals surface area contributed by atoms with Crippen LogP contribution in [0.25, 0.3) is 10.9 Å². The summed E-state index contributed by atoms with van der Waals surface area (Å²) in [7, 11) is 1.63. The Labute approximate surface area is 153 Å². The van der Waals surface area contributed by atoms with Crippen molar-refractivity contribution >= 4 is 16.9 Å². The van der Waals surface area contributed by atoms with Gasteiger partial charge in [0.2, 0.25) is 5.88 Å². The van der Waals surface area contributed by atoms with Gasteiger partial charge in [0.1, 0.15) is 0 Å². The molecular formula is C20H25N5O. The van der Waals surface area contributed by atoms with Gasteiger partial charge in [-0.1, -0.05) is 24.3 Å². The summed E-state index contributed by atoms with van der Waals surface area (Å²) in [6, 6.07) is 12.2. The van der Waals surface area contributed by atoms with Crippen LogP contribution in [0.3, 0.4) is 0 Å². The molecule has 2 heterocycles. The van der Waals surface area contributed by atoms with E-state index in [2.05, 4.69) is 56.9 Å². The number of fused-ring (bicyclic) bond motifs is 1. The molecular weight excluding hydrogens is 326 g/mol. The Bertz CT molecular complexity index is 871. The molecule has 0 aliphatic rings. The van der Waals surface area contributed by atoms with Crippen LogP contribution in [-0.2, 0) is 13.0 Å². The second-order valence-electron chi connectivity index (χ2n) is 5.90. The van der Waals surface area contributed by atoms with Gasteiger partial charge in [0.15, 0.2) is 5.96 Å². The highest BCUT2D eigenvalue weighted by Gasteiger charge is 2.05. The van der Waals surface area contributed by atoms with E-state index >= 15 is 0 Å². The highest BCUT2D eigenvalue weighted by Crippen LogP contribution is 2.17. The minimum absolute atomic E-state index is 0.513. The van der Waals surface area contributed by atoms with Crippen LogP contribution in [-0.4, -0.2) is 36.1 Å². The monoisotopic (exact) mass is 351 g/mol. The standard InChI is InChI=1S/C20H25N5O/c1-3-21-20(25-14-16-7-6-11-22-19(16)26-2)23-12-10-15-13-24-18-9-5-4-8-17(15)18/h4-9,11,13,24H,3,10,12,14H2,1-2H3,(H2,21,23,25). The highest BCUT2D eigenvalue weighted by molar-refractivity contribution is 5.83. The van der Waals surface area contributed by atoms with Crippen LogP contribution >= 0.6 is 0 Å². The summed E-state index contributed by atoms with van der Waals surface area (Å²) in [5.74, 6) is 1.41. The fraction of sp³-hybridized carbons (Fsp3) is 0.300. The number of methoxy groups -OCH3 is 1. The minimum atomic E-state index is 0.513. The van der Waals surface area contributed by atoms with Crippen LogP contribution < -0.4 is 15.4 Å². The van der Waals surface area contributed by atoms with Crippen molar-refractivity contribution in [3.05, 3.63) is 59.9 Å². The molecule has 0 saturated heterocycles. The molecule has 3 aromatic rings. The van der Waals surface area contributed by atoms with Gasteiger partial charge in [-0.25, -0.2) is 9.98 Å². The molecule has 3 rings (SSSR count). The van der Waals surface area contributed by atoms with Crippen LogP contribution in [0.4, 0.5) is 0 Å². The lowest BCUT2D eigenvalue weighted by Gasteiger charge is -2.11. The number of aliphatic imine (C=N–C) groups is 1. The smallest absolute Gasteiger partial charge is 0.218 e. The van der Waals surface area contributed by atoms with Crippen molar-refractivity contribution in [3.8, 4) is 5.88 Å². The zero-order valence-electron chi connectivity index (χ0n) is 15.2. The van der Waals surface area contributed by atoms with Crippen LogP contribution in [0.2, 0.25) is 0 Å². The van der Waals surface area contributed by atoms with Crippen LogP contribution in [0.15, 0.2) is 53.8 Å². The Morgan fingerprint density at radius 3 is 2.88 bits per heavy atom. The molecule has 0 aliphatic heterocycles. The van der Waals surface area contributed by atoms with Crippen molar-refractivity contribution in [2.75, 3.05) is 20.2 Å². The van der Waals surface area contributed by atoms with E-state index in [4.69, 9.17) is 4.74 Å². The second kappa shape index (κ2) is 8.89. The fourth-order valence-electron chi connectivity index (χ4n) is 2.89. The van der Waals surface area contributed by atoms with Gasteiger partial charge in [0.05, 0.1) is 13.7 Å². The maximum absolute atomic E-state index is 5.28. The van der Waals surface area contributed by atoms with Crippen molar-refractivity contribution in [3.63, 3.8) is 0 Å². The van der Waals surface area contributed by atoms with Gasteiger partial charge in [-0.2, -0.15) is 0 Å². The molecule has 0 unspecified atom stereocenters. The van der Waals surface area contributed by atoms with E-state index in [0.717, 1.165) is 31.0 Å². The van der Waals surface area contributed by atoms with Gasteiger partial charge in [-0.15, -0.1) is 0 Å². The molecule has 0 saturated carbocycles. The third kappa shape index (κ3) is 4.33. The Hall–Kier alpha value is -3.02. The van der Waals surface area contributed by atoms with Crippen molar-refractivity contribution in [2.24, 2.45) is 4.99 Å².